The summed E-state index contributed by atoms with van der Waals surface area (Å²) in [6, 6.07) is 13.6. The number of hydrogen-bond acceptors (Lipinski definition) is 9. The van der Waals surface area contributed by atoms with Crippen molar-refractivity contribution in [2.24, 2.45) is 7.05 Å². The number of methoxy groups -OCH3 is 1. The Kier molecular flexibility index (Phi) is 7.41. The highest BCUT2D eigenvalue weighted by atomic mass is 32.2. The third-order valence-corrected chi connectivity index (χ3v) is 6.53. The van der Waals surface area contributed by atoms with Gasteiger partial charge in [-0.15, -0.1) is 0 Å². The van der Waals surface area contributed by atoms with E-state index < -0.39 is 15.7 Å². The van der Waals surface area contributed by atoms with Gasteiger partial charge >= 0.3 is 0 Å². The zero-order valence-electron chi connectivity index (χ0n) is 20.6. The molecule has 0 atom stereocenters. The van der Waals surface area contributed by atoms with Gasteiger partial charge in [-0.2, -0.15) is 5.10 Å². The van der Waals surface area contributed by atoms with Gasteiger partial charge in [0.25, 0.3) is 5.91 Å². The Labute approximate surface area is 214 Å². The smallest absolute Gasteiger partial charge is 0.278 e. The van der Waals surface area contributed by atoms with Crippen molar-refractivity contribution in [3.8, 4) is 16.9 Å². The Morgan fingerprint density at radius 3 is 2.38 bits per heavy atom. The molecular weight excluding hydrogens is 496 g/mol. The number of aromatic nitrogens is 3. The Hall–Kier alpha value is -4.42. The van der Waals surface area contributed by atoms with Gasteiger partial charge in [0.2, 0.25) is 0 Å². The van der Waals surface area contributed by atoms with E-state index in [1.807, 2.05) is 31.4 Å². The van der Waals surface area contributed by atoms with Crippen LogP contribution in [0.4, 0.5) is 22.9 Å². The molecule has 0 saturated heterocycles. The number of ether oxygens (including phenoxy) is 1. The minimum atomic E-state index is -3.31. The second-order valence-corrected chi connectivity index (χ2v) is 10.1. The van der Waals surface area contributed by atoms with E-state index in [0.29, 0.717) is 28.6 Å². The first kappa shape index (κ1) is 25.7. The predicted octanol–water partition coefficient (Wildman–Crippen LogP) is 3.67. The van der Waals surface area contributed by atoms with Gasteiger partial charge in [-0.25, -0.2) is 18.9 Å². The average molecular weight is 523 g/mol. The van der Waals surface area contributed by atoms with Crippen LogP contribution in [0.15, 0.2) is 72.0 Å². The molecule has 0 unspecified atom stereocenters. The molecule has 4 aromatic rings. The van der Waals surface area contributed by atoms with Crippen LogP contribution in [0.1, 0.15) is 10.4 Å². The second kappa shape index (κ2) is 10.7. The number of para-hydroxylation sites is 1. The van der Waals surface area contributed by atoms with Crippen molar-refractivity contribution >= 4 is 38.6 Å². The largest absolute Gasteiger partial charge is 0.494 e. The molecule has 0 saturated carbocycles. The number of anilines is 4. The number of carbonyl (C=O) groups is 1. The highest BCUT2D eigenvalue weighted by Crippen LogP contribution is 2.38. The Bertz CT molecular complexity index is 1530. The summed E-state index contributed by atoms with van der Waals surface area (Å²) < 4.78 is 30.9. The minimum absolute atomic E-state index is 0.209. The highest BCUT2D eigenvalue weighted by Gasteiger charge is 2.18. The van der Waals surface area contributed by atoms with Crippen molar-refractivity contribution in [1.29, 1.82) is 0 Å². The summed E-state index contributed by atoms with van der Waals surface area (Å²) in [7, 11) is 1.43. The first-order chi connectivity index (χ1) is 17.7. The van der Waals surface area contributed by atoms with Gasteiger partial charge in [0, 0.05) is 48.6 Å². The van der Waals surface area contributed by atoms with Gasteiger partial charge in [-0.1, -0.05) is 12.1 Å². The van der Waals surface area contributed by atoms with Gasteiger partial charge in [0.15, 0.2) is 9.84 Å². The van der Waals surface area contributed by atoms with Crippen LogP contribution >= 0.6 is 0 Å². The molecule has 12 heteroatoms. The van der Waals surface area contributed by atoms with E-state index in [-0.39, 0.29) is 10.5 Å². The molecule has 2 heterocycles. The zero-order chi connectivity index (χ0) is 26.6. The molecule has 0 aliphatic rings. The van der Waals surface area contributed by atoms with Crippen LogP contribution in [0.5, 0.6) is 5.75 Å². The summed E-state index contributed by atoms with van der Waals surface area (Å²) in [5.41, 5.74) is 5.90. The molecule has 4 rings (SSSR count). The fraction of sp³-hybridized carbons (Fsp3) is 0.160. The SMILES string of the molecule is CONC(=O)c1cnc(Nc2ccc(S(C)(=O)=O)cc2)cc1Nc1cccc(-c2cnn(C)c2)c1OC. The third kappa shape index (κ3) is 5.88. The molecular formula is C25H26N6O5S. The number of sulfone groups is 1. The van der Waals surface area contributed by atoms with E-state index in [1.165, 1.54) is 25.4 Å². The van der Waals surface area contributed by atoms with Gasteiger partial charge < -0.3 is 15.4 Å². The summed E-state index contributed by atoms with van der Waals surface area (Å²) in [6.07, 6.45) is 6.17. The van der Waals surface area contributed by atoms with Gasteiger partial charge in [-0.05, 0) is 30.3 Å². The maximum atomic E-state index is 12.7. The molecule has 37 heavy (non-hydrogen) atoms. The summed E-state index contributed by atoms with van der Waals surface area (Å²) in [6.45, 7) is 0. The number of amides is 1. The van der Waals surface area contributed by atoms with Crippen molar-refractivity contribution in [3.05, 3.63) is 72.7 Å². The first-order valence-electron chi connectivity index (χ1n) is 11.0. The number of hydrogen-bond donors (Lipinski definition) is 3. The Morgan fingerprint density at radius 1 is 1.00 bits per heavy atom. The van der Waals surface area contributed by atoms with Crippen LogP contribution in [0.2, 0.25) is 0 Å². The summed E-state index contributed by atoms with van der Waals surface area (Å²) >= 11 is 0. The predicted molar refractivity (Wildman–Crippen MR) is 140 cm³/mol. The number of carbonyl (C=O) groups excluding carboxylic acids is 1. The molecule has 0 aliphatic carbocycles. The Morgan fingerprint density at radius 2 is 1.76 bits per heavy atom. The van der Waals surface area contributed by atoms with E-state index in [1.54, 1.807) is 36.2 Å². The van der Waals surface area contributed by atoms with Gasteiger partial charge in [-0.3, -0.25) is 14.3 Å². The molecule has 0 radical (unpaired) electrons. The molecule has 11 nitrogen and oxygen atoms in total. The van der Waals surface area contributed by atoms with Crippen molar-refractivity contribution in [3.63, 3.8) is 0 Å². The fourth-order valence-corrected chi connectivity index (χ4v) is 4.31. The van der Waals surface area contributed by atoms with Crippen molar-refractivity contribution < 1.29 is 22.8 Å². The monoisotopic (exact) mass is 522 g/mol. The van der Waals surface area contributed by atoms with E-state index in [4.69, 9.17) is 9.57 Å². The molecule has 0 spiro atoms. The van der Waals surface area contributed by atoms with Crippen LogP contribution in [-0.4, -0.2) is 49.6 Å². The van der Waals surface area contributed by atoms with Crippen LogP contribution in [-0.2, 0) is 21.7 Å². The van der Waals surface area contributed by atoms with Crippen molar-refractivity contribution in [2.45, 2.75) is 4.90 Å². The minimum Gasteiger partial charge on any atom is -0.494 e. The van der Waals surface area contributed by atoms with Crippen LogP contribution < -0.4 is 20.9 Å². The molecule has 0 bridgehead atoms. The van der Waals surface area contributed by atoms with E-state index in [0.717, 1.165) is 17.4 Å². The highest BCUT2D eigenvalue weighted by molar-refractivity contribution is 7.90. The number of hydroxylamine groups is 1. The second-order valence-electron chi connectivity index (χ2n) is 8.09. The molecule has 2 aromatic heterocycles. The molecule has 192 valence electrons. The molecule has 0 aliphatic heterocycles. The molecule has 1 amide bonds. The summed E-state index contributed by atoms with van der Waals surface area (Å²) in [5, 5.41) is 10.6. The lowest BCUT2D eigenvalue weighted by molar-refractivity contribution is 0.0538. The van der Waals surface area contributed by atoms with E-state index in [2.05, 4.69) is 26.2 Å². The zero-order valence-corrected chi connectivity index (χ0v) is 21.5. The average Bonchev–Trinajstić information content (AvgIpc) is 3.30. The lowest BCUT2D eigenvalue weighted by atomic mass is 10.1. The Balaban J connectivity index is 1.71. The number of rotatable bonds is 9. The van der Waals surface area contributed by atoms with E-state index in [9.17, 15) is 13.2 Å². The maximum absolute atomic E-state index is 12.7. The molecule has 3 N–H and O–H groups in total. The molecule has 0 fully saturated rings. The quantitative estimate of drug-likeness (QED) is 0.281. The number of pyridine rings is 1. The van der Waals surface area contributed by atoms with Crippen molar-refractivity contribution in [2.75, 3.05) is 31.1 Å². The topological polar surface area (TPSA) is 136 Å². The standard InChI is InChI=1S/C25H26N6O5S/c1-31-15-16(13-27-31)19-6-5-7-21(24(19)35-2)29-22-12-23(26-14-20(22)25(32)30-36-3)28-17-8-10-18(11-9-17)37(4,33)34/h5-15H,1-4H3,(H,30,32)(H2,26,28,29). The van der Waals surface area contributed by atoms with Crippen LogP contribution in [0.25, 0.3) is 11.1 Å². The lowest BCUT2D eigenvalue weighted by Gasteiger charge is -2.17. The third-order valence-electron chi connectivity index (χ3n) is 5.40. The van der Waals surface area contributed by atoms with Crippen molar-refractivity contribution in [1.82, 2.24) is 20.2 Å². The maximum Gasteiger partial charge on any atom is 0.278 e. The number of nitrogens with one attached hydrogen (secondary N) is 3. The fourth-order valence-electron chi connectivity index (χ4n) is 3.68. The lowest BCUT2D eigenvalue weighted by Crippen LogP contribution is -2.23. The first-order valence-corrected chi connectivity index (χ1v) is 12.9. The van der Waals surface area contributed by atoms with Gasteiger partial charge in [0.1, 0.15) is 11.6 Å². The summed E-state index contributed by atoms with van der Waals surface area (Å²) in [4.78, 5) is 22.0. The van der Waals surface area contributed by atoms with Crippen LogP contribution in [0.3, 0.4) is 0 Å². The number of aryl methyl sites for hydroxylation is 1. The number of benzene rings is 2. The summed E-state index contributed by atoms with van der Waals surface area (Å²) in [5.74, 6) is 0.492. The number of nitrogens with zero attached hydrogens (tertiary/aromatic N) is 3. The van der Waals surface area contributed by atoms with Gasteiger partial charge in [0.05, 0.1) is 42.3 Å². The molecule has 2 aromatic carbocycles. The van der Waals surface area contributed by atoms with Crippen LogP contribution in [0, 0.1) is 0 Å². The van der Waals surface area contributed by atoms with E-state index >= 15 is 0 Å². The normalized spacial score (nSPS) is 11.1.